The summed E-state index contributed by atoms with van der Waals surface area (Å²) in [6, 6.07) is -1.57. The van der Waals surface area contributed by atoms with Gasteiger partial charge in [-0.15, -0.1) is 0 Å². The van der Waals surface area contributed by atoms with E-state index < -0.39 is 42.5 Å². The summed E-state index contributed by atoms with van der Waals surface area (Å²) in [5, 5.41) is 19.4. The Morgan fingerprint density at radius 1 is 1.26 bits per heavy atom. The summed E-state index contributed by atoms with van der Waals surface area (Å²) >= 11 is 0. The minimum absolute atomic E-state index is 0.0772. The van der Waals surface area contributed by atoms with Crippen LogP contribution in [0.5, 0.6) is 0 Å². The monoisotopic (exact) mass is 283 g/mol. The standard InChI is InChI=1S/C11H16F3NO4/c12-11(13,14)7-4-2-1-3-6(7)9(17)15-8(5-16)10(18)19/h6-8,16H,1-5H2,(H,15,17)(H,18,19)/t6?,7?,8-/m1/s1. The number of hydrogen-bond acceptors (Lipinski definition) is 3. The van der Waals surface area contributed by atoms with Crippen molar-refractivity contribution in [3.8, 4) is 0 Å². The third-order valence-electron chi connectivity index (χ3n) is 3.32. The van der Waals surface area contributed by atoms with Crippen molar-refractivity contribution in [2.24, 2.45) is 11.8 Å². The molecule has 19 heavy (non-hydrogen) atoms. The molecule has 2 unspecified atom stereocenters. The van der Waals surface area contributed by atoms with Gasteiger partial charge in [0.15, 0.2) is 0 Å². The Kier molecular flexibility index (Phi) is 5.16. The Bertz CT molecular complexity index is 345. The Balaban J connectivity index is 2.75. The van der Waals surface area contributed by atoms with E-state index in [4.69, 9.17) is 10.2 Å². The average molecular weight is 283 g/mol. The molecule has 1 rings (SSSR count). The zero-order valence-electron chi connectivity index (χ0n) is 10.1. The number of carboxylic acids is 1. The molecule has 0 aromatic carbocycles. The van der Waals surface area contributed by atoms with Crippen LogP contribution in [0.1, 0.15) is 25.7 Å². The van der Waals surface area contributed by atoms with Gasteiger partial charge in [0.25, 0.3) is 0 Å². The normalized spacial score (nSPS) is 25.7. The first kappa shape index (κ1) is 15.7. The Morgan fingerprint density at radius 3 is 2.32 bits per heavy atom. The molecule has 1 aliphatic rings. The van der Waals surface area contributed by atoms with Gasteiger partial charge in [-0.05, 0) is 12.8 Å². The van der Waals surface area contributed by atoms with Crippen LogP contribution >= 0.6 is 0 Å². The number of carboxylic acid groups (broad SMARTS) is 1. The van der Waals surface area contributed by atoms with Crippen molar-refractivity contribution < 1.29 is 33.0 Å². The summed E-state index contributed by atoms with van der Waals surface area (Å²) in [7, 11) is 0. The lowest BCUT2D eigenvalue weighted by Crippen LogP contribution is -2.49. The fourth-order valence-electron chi connectivity index (χ4n) is 2.30. The summed E-state index contributed by atoms with van der Waals surface area (Å²) in [5.41, 5.74) is 0. The van der Waals surface area contributed by atoms with E-state index in [0.717, 1.165) is 0 Å². The second-order valence-electron chi connectivity index (χ2n) is 4.62. The number of hydrogen-bond donors (Lipinski definition) is 3. The number of halogens is 3. The van der Waals surface area contributed by atoms with Gasteiger partial charge in [-0.25, -0.2) is 4.79 Å². The minimum Gasteiger partial charge on any atom is -0.480 e. The van der Waals surface area contributed by atoms with Gasteiger partial charge in [-0.3, -0.25) is 4.79 Å². The highest BCUT2D eigenvalue weighted by molar-refractivity contribution is 5.85. The molecule has 1 fully saturated rings. The summed E-state index contributed by atoms with van der Waals surface area (Å²) in [4.78, 5) is 22.4. The molecule has 8 heteroatoms. The second-order valence-corrected chi connectivity index (χ2v) is 4.62. The molecule has 0 bridgehead atoms. The van der Waals surface area contributed by atoms with Crippen molar-refractivity contribution in [1.82, 2.24) is 5.32 Å². The van der Waals surface area contributed by atoms with Gasteiger partial charge in [-0.1, -0.05) is 12.8 Å². The molecule has 0 aromatic heterocycles. The van der Waals surface area contributed by atoms with Gasteiger partial charge in [0.1, 0.15) is 6.04 Å². The van der Waals surface area contributed by atoms with E-state index in [0.29, 0.717) is 12.8 Å². The highest BCUT2D eigenvalue weighted by Crippen LogP contribution is 2.41. The fourth-order valence-corrected chi connectivity index (χ4v) is 2.30. The molecule has 0 aliphatic heterocycles. The van der Waals surface area contributed by atoms with Crippen molar-refractivity contribution in [2.45, 2.75) is 37.9 Å². The molecule has 3 N–H and O–H groups in total. The van der Waals surface area contributed by atoms with E-state index in [-0.39, 0.29) is 12.8 Å². The Labute approximate surface area is 107 Å². The first-order valence-electron chi connectivity index (χ1n) is 5.98. The van der Waals surface area contributed by atoms with E-state index >= 15 is 0 Å². The number of aliphatic hydroxyl groups excluding tert-OH is 1. The molecule has 1 aliphatic carbocycles. The maximum Gasteiger partial charge on any atom is 0.392 e. The summed E-state index contributed by atoms with van der Waals surface area (Å²) in [6.45, 7) is -0.857. The SMILES string of the molecule is O=C(N[C@H](CO)C(=O)O)C1CCCCC1C(F)(F)F. The van der Waals surface area contributed by atoms with Crippen LogP contribution in [0.2, 0.25) is 0 Å². The van der Waals surface area contributed by atoms with Crippen LogP contribution in [-0.4, -0.2) is 40.9 Å². The molecule has 0 radical (unpaired) electrons. The lowest BCUT2D eigenvalue weighted by molar-refractivity contribution is -0.198. The van der Waals surface area contributed by atoms with E-state index in [2.05, 4.69) is 0 Å². The second kappa shape index (κ2) is 6.23. The van der Waals surface area contributed by atoms with E-state index in [1.165, 1.54) is 0 Å². The number of nitrogens with one attached hydrogen (secondary N) is 1. The number of aliphatic hydroxyl groups is 1. The van der Waals surface area contributed by atoms with Gasteiger partial charge in [0.2, 0.25) is 5.91 Å². The Morgan fingerprint density at radius 2 is 1.84 bits per heavy atom. The molecule has 1 amide bonds. The summed E-state index contributed by atoms with van der Waals surface area (Å²) in [6.07, 6.45) is -3.62. The predicted octanol–water partition coefficient (Wildman–Crippen LogP) is 0.917. The molecule has 1 saturated carbocycles. The van der Waals surface area contributed by atoms with Crippen molar-refractivity contribution in [1.29, 1.82) is 0 Å². The molecule has 5 nitrogen and oxygen atoms in total. The van der Waals surface area contributed by atoms with Crippen LogP contribution in [0.3, 0.4) is 0 Å². The predicted molar refractivity (Wildman–Crippen MR) is 58.2 cm³/mol. The molecule has 0 spiro atoms. The molecular weight excluding hydrogens is 267 g/mol. The highest BCUT2D eigenvalue weighted by Gasteiger charge is 2.48. The lowest BCUT2D eigenvalue weighted by Gasteiger charge is -2.32. The zero-order chi connectivity index (χ0) is 14.6. The van der Waals surface area contributed by atoms with Crippen molar-refractivity contribution in [3.05, 3.63) is 0 Å². The molecule has 3 atom stereocenters. The highest BCUT2D eigenvalue weighted by atomic mass is 19.4. The zero-order valence-corrected chi connectivity index (χ0v) is 10.1. The first-order valence-corrected chi connectivity index (χ1v) is 5.98. The average Bonchev–Trinajstić information content (AvgIpc) is 2.34. The van der Waals surface area contributed by atoms with E-state index in [1.807, 2.05) is 5.32 Å². The van der Waals surface area contributed by atoms with Gasteiger partial charge >= 0.3 is 12.1 Å². The lowest BCUT2D eigenvalue weighted by atomic mass is 9.78. The van der Waals surface area contributed by atoms with Gasteiger partial charge in [-0.2, -0.15) is 13.2 Å². The third kappa shape index (κ3) is 4.09. The van der Waals surface area contributed by atoms with Gasteiger partial charge in [0.05, 0.1) is 12.5 Å². The quantitative estimate of drug-likeness (QED) is 0.716. The van der Waals surface area contributed by atoms with Crippen LogP contribution in [0.25, 0.3) is 0 Å². The van der Waals surface area contributed by atoms with Crippen LogP contribution in [-0.2, 0) is 9.59 Å². The number of carbonyl (C=O) groups excluding carboxylic acids is 1. The number of carbonyl (C=O) groups is 2. The number of aliphatic carboxylic acids is 1. The van der Waals surface area contributed by atoms with Crippen LogP contribution in [0.4, 0.5) is 13.2 Å². The van der Waals surface area contributed by atoms with Gasteiger partial charge < -0.3 is 15.5 Å². The smallest absolute Gasteiger partial charge is 0.392 e. The van der Waals surface area contributed by atoms with E-state index in [1.54, 1.807) is 0 Å². The molecule has 0 aromatic rings. The number of rotatable bonds is 4. The number of alkyl halides is 3. The fraction of sp³-hybridized carbons (Fsp3) is 0.818. The first-order chi connectivity index (χ1) is 8.77. The topological polar surface area (TPSA) is 86.6 Å². The maximum absolute atomic E-state index is 12.8. The van der Waals surface area contributed by atoms with Crippen LogP contribution in [0, 0.1) is 11.8 Å². The van der Waals surface area contributed by atoms with Crippen LogP contribution in [0.15, 0.2) is 0 Å². The van der Waals surface area contributed by atoms with Crippen molar-refractivity contribution >= 4 is 11.9 Å². The van der Waals surface area contributed by atoms with Gasteiger partial charge in [0, 0.05) is 5.92 Å². The molecule has 0 saturated heterocycles. The molecule has 0 heterocycles. The molecular formula is C11H16F3NO4. The third-order valence-corrected chi connectivity index (χ3v) is 3.32. The van der Waals surface area contributed by atoms with E-state index in [9.17, 15) is 22.8 Å². The maximum atomic E-state index is 12.8. The number of amides is 1. The molecule has 110 valence electrons. The Hall–Kier alpha value is -1.31. The van der Waals surface area contributed by atoms with Crippen molar-refractivity contribution in [3.63, 3.8) is 0 Å². The summed E-state index contributed by atoms with van der Waals surface area (Å²) < 4.78 is 38.4. The van der Waals surface area contributed by atoms with Crippen LogP contribution < -0.4 is 5.32 Å². The van der Waals surface area contributed by atoms with Crippen molar-refractivity contribution in [2.75, 3.05) is 6.61 Å². The summed E-state index contributed by atoms with van der Waals surface area (Å²) in [5.74, 6) is -5.45. The largest absolute Gasteiger partial charge is 0.480 e. The minimum atomic E-state index is -4.47.